The summed E-state index contributed by atoms with van der Waals surface area (Å²) in [6.07, 6.45) is 4.25. The van der Waals surface area contributed by atoms with Crippen LogP contribution in [-0.2, 0) is 11.3 Å². The van der Waals surface area contributed by atoms with Gasteiger partial charge >= 0.3 is 0 Å². The maximum Gasteiger partial charge on any atom is 0.251 e. The molecule has 1 N–H and O–H groups in total. The molecule has 0 saturated carbocycles. The molecular formula is C14H15N5O3. The summed E-state index contributed by atoms with van der Waals surface area (Å²) >= 11 is 0. The van der Waals surface area contributed by atoms with E-state index in [0.717, 1.165) is 0 Å². The molecule has 1 aliphatic rings. The summed E-state index contributed by atoms with van der Waals surface area (Å²) in [5.74, 6) is 0.615. The highest BCUT2D eigenvalue weighted by atomic mass is 16.5. The van der Waals surface area contributed by atoms with Gasteiger partial charge in [0.2, 0.25) is 11.8 Å². The zero-order chi connectivity index (χ0) is 15.5. The van der Waals surface area contributed by atoms with Gasteiger partial charge in [-0.1, -0.05) is 5.16 Å². The molecule has 0 unspecified atom stereocenters. The van der Waals surface area contributed by atoms with E-state index in [1.807, 2.05) is 0 Å². The molecule has 0 aromatic carbocycles. The summed E-state index contributed by atoms with van der Waals surface area (Å²) < 4.78 is 5.19. The largest absolute Gasteiger partial charge is 0.345 e. The smallest absolute Gasteiger partial charge is 0.251 e. The second kappa shape index (κ2) is 5.92. The van der Waals surface area contributed by atoms with Crippen LogP contribution in [0.4, 0.5) is 0 Å². The number of hydrogen-bond acceptors (Lipinski definition) is 6. The third kappa shape index (κ3) is 2.80. The molecule has 2 aromatic heterocycles. The lowest BCUT2D eigenvalue weighted by Gasteiger charge is -2.14. The summed E-state index contributed by atoms with van der Waals surface area (Å²) in [6.45, 7) is 0.162. The first-order valence-electron chi connectivity index (χ1n) is 6.91. The number of carbonyl (C=O) groups is 2. The number of nitrogens with one attached hydrogen (secondary N) is 1. The number of likely N-dealkylation sites (tertiary alicyclic amines) is 1. The molecular weight excluding hydrogens is 286 g/mol. The lowest BCUT2D eigenvalue weighted by atomic mass is 10.2. The van der Waals surface area contributed by atoms with Gasteiger partial charge in [0.25, 0.3) is 5.91 Å². The quantitative estimate of drug-likeness (QED) is 0.891. The molecule has 3 heterocycles. The van der Waals surface area contributed by atoms with E-state index >= 15 is 0 Å². The van der Waals surface area contributed by atoms with E-state index in [0.29, 0.717) is 30.1 Å². The Balaban J connectivity index is 1.61. The zero-order valence-electron chi connectivity index (χ0n) is 12.0. The van der Waals surface area contributed by atoms with E-state index in [1.165, 1.54) is 0 Å². The van der Waals surface area contributed by atoms with Crippen LogP contribution in [0.3, 0.4) is 0 Å². The van der Waals surface area contributed by atoms with Crippen LogP contribution >= 0.6 is 0 Å². The first kappa shape index (κ1) is 14.2. The fraction of sp³-hybridized carbons (Fsp3) is 0.357. The number of aromatic nitrogens is 3. The molecule has 0 spiro atoms. The molecule has 8 heteroatoms. The third-order valence-electron chi connectivity index (χ3n) is 3.61. The van der Waals surface area contributed by atoms with Crippen LogP contribution in [-0.4, -0.2) is 38.9 Å². The van der Waals surface area contributed by atoms with Crippen LogP contribution in [0.1, 0.15) is 41.0 Å². The lowest BCUT2D eigenvalue weighted by Crippen LogP contribution is -2.24. The van der Waals surface area contributed by atoms with Gasteiger partial charge in [0, 0.05) is 31.4 Å². The van der Waals surface area contributed by atoms with E-state index in [1.54, 1.807) is 36.5 Å². The van der Waals surface area contributed by atoms with Crippen molar-refractivity contribution in [3.05, 3.63) is 41.8 Å². The summed E-state index contributed by atoms with van der Waals surface area (Å²) in [6, 6.07) is 3.07. The number of pyridine rings is 1. The summed E-state index contributed by atoms with van der Waals surface area (Å²) in [7, 11) is 1.72. The van der Waals surface area contributed by atoms with Gasteiger partial charge in [-0.15, -0.1) is 0 Å². The molecule has 1 fully saturated rings. The highest BCUT2D eigenvalue weighted by Gasteiger charge is 2.33. The van der Waals surface area contributed by atoms with Gasteiger partial charge in [0.15, 0.2) is 5.82 Å². The second-order valence-electron chi connectivity index (χ2n) is 5.03. The van der Waals surface area contributed by atoms with E-state index in [-0.39, 0.29) is 24.4 Å². The molecule has 2 aromatic rings. The molecule has 2 amide bonds. The van der Waals surface area contributed by atoms with Gasteiger partial charge in [-0.25, -0.2) is 0 Å². The Morgan fingerprint density at radius 3 is 2.91 bits per heavy atom. The van der Waals surface area contributed by atoms with E-state index in [4.69, 9.17) is 4.52 Å². The molecule has 1 saturated heterocycles. The third-order valence-corrected chi connectivity index (χ3v) is 3.61. The number of amides is 2. The Labute approximate surface area is 126 Å². The van der Waals surface area contributed by atoms with Gasteiger partial charge in [0.1, 0.15) is 6.04 Å². The molecule has 3 rings (SSSR count). The van der Waals surface area contributed by atoms with Gasteiger partial charge in [-0.2, -0.15) is 4.98 Å². The fourth-order valence-electron chi connectivity index (χ4n) is 2.33. The predicted molar refractivity (Wildman–Crippen MR) is 74.5 cm³/mol. The second-order valence-corrected chi connectivity index (χ2v) is 5.03. The van der Waals surface area contributed by atoms with Crippen molar-refractivity contribution in [1.82, 2.24) is 25.3 Å². The van der Waals surface area contributed by atoms with Crippen molar-refractivity contribution in [2.75, 3.05) is 7.05 Å². The van der Waals surface area contributed by atoms with Crippen molar-refractivity contribution in [1.29, 1.82) is 0 Å². The fourth-order valence-corrected chi connectivity index (χ4v) is 2.33. The van der Waals surface area contributed by atoms with Gasteiger partial charge in [-0.05, 0) is 18.6 Å². The number of rotatable bonds is 4. The summed E-state index contributed by atoms with van der Waals surface area (Å²) in [5, 5.41) is 6.54. The maximum absolute atomic E-state index is 11.9. The normalized spacial score (nSPS) is 17.8. The predicted octanol–water partition coefficient (Wildman–Crippen LogP) is 0.688. The van der Waals surface area contributed by atoms with Crippen molar-refractivity contribution in [2.24, 2.45) is 0 Å². The summed E-state index contributed by atoms with van der Waals surface area (Å²) in [5.41, 5.74) is 0.514. The first-order valence-corrected chi connectivity index (χ1v) is 6.91. The molecule has 0 aliphatic carbocycles. The monoisotopic (exact) mass is 301 g/mol. The topological polar surface area (TPSA) is 101 Å². The molecule has 1 aliphatic heterocycles. The van der Waals surface area contributed by atoms with Crippen molar-refractivity contribution >= 4 is 11.8 Å². The Morgan fingerprint density at radius 2 is 2.23 bits per heavy atom. The van der Waals surface area contributed by atoms with E-state index in [9.17, 15) is 9.59 Å². The average molecular weight is 301 g/mol. The zero-order valence-corrected chi connectivity index (χ0v) is 12.0. The maximum atomic E-state index is 11.9. The van der Waals surface area contributed by atoms with Crippen LogP contribution in [0.25, 0.3) is 0 Å². The van der Waals surface area contributed by atoms with Crippen molar-refractivity contribution in [3.63, 3.8) is 0 Å². The molecule has 0 bridgehead atoms. The van der Waals surface area contributed by atoms with Gasteiger partial charge in [0.05, 0.1) is 6.54 Å². The van der Waals surface area contributed by atoms with Crippen LogP contribution < -0.4 is 5.32 Å². The lowest BCUT2D eigenvalue weighted by molar-refractivity contribution is -0.127. The van der Waals surface area contributed by atoms with E-state index < -0.39 is 0 Å². The highest BCUT2D eigenvalue weighted by molar-refractivity contribution is 5.93. The van der Waals surface area contributed by atoms with Crippen LogP contribution in [0.5, 0.6) is 0 Å². The van der Waals surface area contributed by atoms with Gasteiger partial charge in [-0.3, -0.25) is 14.6 Å². The summed E-state index contributed by atoms with van der Waals surface area (Å²) in [4.78, 5) is 33.1. The number of hydrogen-bond donors (Lipinski definition) is 1. The van der Waals surface area contributed by atoms with E-state index in [2.05, 4.69) is 20.4 Å². The molecule has 0 radical (unpaired) electrons. The van der Waals surface area contributed by atoms with Crippen molar-refractivity contribution < 1.29 is 14.1 Å². The minimum atomic E-state index is -0.234. The Hall–Kier alpha value is -2.77. The highest BCUT2D eigenvalue weighted by Crippen LogP contribution is 2.29. The Bertz CT molecular complexity index is 685. The number of nitrogens with zero attached hydrogens (tertiary/aromatic N) is 4. The SMILES string of the molecule is CN1C(=O)CC[C@H]1c1nc(CNC(=O)c2ccncc2)no1. The van der Waals surface area contributed by atoms with Crippen molar-refractivity contribution in [3.8, 4) is 0 Å². The number of carbonyl (C=O) groups excluding carboxylic acids is 2. The molecule has 114 valence electrons. The van der Waals surface area contributed by atoms with Crippen LogP contribution in [0.2, 0.25) is 0 Å². The average Bonchev–Trinajstić information content (AvgIpc) is 3.13. The minimum Gasteiger partial charge on any atom is -0.345 e. The standard InChI is InChI=1S/C14H15N5O3/c1-19-10(2-3-12(19)20)14-17-11(18-22-14)8-16-13(21)9-4-6-15-7-5-9/h4-7,10H,2-3,8H2,1H3,(H,16,21)/t10-/m0/s1. The molecule has 8 nitrogen and oxygen atoms in total. The Kier molecular flexibility index (Phi) is 3.82. The molecule has 22 heavy (non-hydrogen) atoms. The minimum absolute atomic E-state index is 0.0655. The van der Waals surface area contributed by atoms with Crippen LogP contribution in [0.15, 0.2) is 29.0 Å². The Morgan fingerprint density at radius 1 is 1.45 bits per heavy atom. The molecule has 1 atom stereocenters. The van der Waals surface area contributed by atoms with Gasteiger partial charge < -0.3 is 14.7 Å². The van der Waals surface area contributed by atoms with Crippen molar-refractivity contribution in [2.45, 2.75) is 25.4 Å². The van der Waals surface area contributed by atoms with Crippen LogP contribution in [0, 0.1) is 0 Å². The first-order chi connectivity index (χ1) is 10.6.